The number of nitrogens with one attached hydrogen (secondary N) is 1. The third-order valence-corrected chi connectivity index (χ3v) is 5.97. The topological polar surface area (TPSA) is 12.0 Å². The molecule has 0 saturated carbocycles. The van der Waals surface area contributed by atoms with Crippen molar-refractivity contribution in [2.75, 3.05) is 11.9 Å². The summed E-state index contributed by atoms with van der Waals surface area (Å²) in [4.78, 5) is 1.26. The van der Waals surface area contributed by atoms with E-state index in [9.17, 15) is 4.39 Å². The number of hydrogen-bond acceptors (Lipinski definition) is 2. The molecule has 0 bridgehead atoms. The second-order valence-corrected chi connectivity index (χ2v) is 7.71. The minimum atomic E-state index is -0.205. The standard InChI is InChI=1S/C24H22FNS/c25-20-12-14-21(15-13-20)26-16-24-19(17-27-22-7-2-1-3-8-22)11-10-18-6-4-5-9-23(18)24/h1-9,12-15,17,24,26H,10-11,16H2/b19-17+. The van der Waals surface area contributed by atoms with E-state index in [0.717, 1.165) is 25.1 Å². The van der Waals surface area contributed by atoms with E-state index in [1.807, 2.05) is 6.07 Å². The second kappa shape index (κ2) is 8.45. The molecule has 136 valence electrons. The Bertz CT molecular complexity index is 919. The van der Waals surface area contributed by atoms with Crippen LogP contribution in [0.2, 0.25) is 0 Å². The molecule has 27 heavy (non-hydrogen) atoms. The molecule has 0 amide bonds. The van der Waals surface area contributed by atoms with Gasteiger partial charge in [-0.1, -0.05) is 59.8 Å². The Labute approximate surface area is 164 Å². The maximum Gasteiger partial charge on any atom is 0.123 e. The van der Waals surface area contributed by atoms with Crippen molar-refractivity contribution in [2.45, 2.75) is 23.7 Å². The lowest BCUT2D eigenvalue weighted by Crippen LogP contribution is -2.20. The Morgan fingerprint density at radius 3 is 2.44 bits per heavy atom. The van der Waals surface area contributed by atoms with Crippen LogP contribution in [0.15, 0.2) is 94.7 Å². The van der Waals surface area contributed by atoms with Crippen LogP contribution >= 0.6 is 11.8 Å². The van der Waals surface area contributed by atoms with E-state index in [1.165, 1.54) is 33.7 Å². The molecular weight excluding hydrogens is 353 g/mol. The Hall–Kier alpha value is -2.52. The number of aryl methyl sites for hydroxylation is 1. The fourth-order valence-electron chi connectivity index (χ4n) is 3.57. The van der Waals surface area contributed by atoms with Gasteiger partial charge in [0.05, 0.1) is 0 Å². The monoisotopic (exact) mass is 375 g/mol. The van der Waals surface area contributed by atoms with Crippen LogP contribution in [-0.4, -0.2) is 6.54 Å². The van der Waals surface area contributed by atoms with Crippen molar-refractivity contribution in [3.05, 3.63) is 107 Å². The van der Waals surface area contributed by atoms with E-state index in [0.29, 0.717) is 5.92 Å². The first-order chi connectivity index (χ1) is 13.3. The van der Waals surface area contributed by atoms with Gasteiger partial charge in [-0.2, -0.15) is 0 Å². The molecule has 1 aliphatic carbocycles. The van der Waals surface area contributed by atoms with Crippen LogP contribution in [0.25, 0.3) is 0 Å². The van der Waals surface area contributed by atoms with Crippen molar-refractivity contribution in [2.24, 2.45) is 0 Å². The molecule has 1 nitrogen and oxygen atoms in total. The highest BCUT2D eigenvalue weighted by atomic mass is 32.2. The molecule has 0 aromatic heterocycles. The number of benzene rings is 3. The van der Waals surface area contributed by atoms with Crippen LogP contribution in [0.3, 0.4) is 0 Å². The van der Waals surface area contributed by atoms with E-state index in [2.05, 4.69) is 59.3 Å². The van der Waals surface area contributed by atoms with Gasteiger partial charge in [-0.05, 0) is 65.8 Å². The number of fused-ring (bicyclic) bond motifs is 1. The highest BCUT2D eigenvalue weighted by molar-refractivity contribution is 8.02. The minimum absolute atomic E-state index is 0.205. The van der Waals surface area contributed by atoms with E-state index < -0.39 is 0 Å². The van der Waals surface area contributed by atoms with Crippen LogP contribution in [0, 0.1) is 5.82 Å². The summed E-state index contributed by atoms with van der Waals surface area (Å²) in [5, 5.41) is 5.82. The lowest BCUT2D eigenvalue weighted by molar-refractivity contribution is 0.628. The average Bonchev–Trinajstić information content (AvgIpc) is 2.73. The highest BCUT2D eigenvalue weighted by Crippen LogP contribution is 2.38. The molecule has 3 heteroatoms. The maximum atomic E-state index is 13.2. The van der Waals surface area contributed by atoms with Gasteiger partial charge in [-0.25, -0.2) is 4.39 Å². The molecule has 3 aromatic rings. The molecule has 0 aliphatic heterocycles. The van der Waals surface area contributed by atoms with Crippen LogP contribution in [0.5, 0.6) is 0 Å². The van der Waals surface area contributed by atoms with E-state index in [-0.39, 0.29) is 5.82 Å². The quantitative estimate of drug-likeness (QED) is 0.501. The van der Waals surface area contributed by atoms with Crippen molar-refractivity contribution >= 4 is 17.4 Å². The smallest absolute Gasteiger partial charge is 0.123 e. The third kappa shape index (κ3) is 4.42. The summed E-state index contributed by atoms with van der Waals surface area (Å²) in [6, 6.07) is 25.8. The SMILES string of the molecule is Fc1ccc(NCC2/C(=C/Sc3ccccc3)CCc3ccccc32)cc1. The summed E-state index contributed by atoms with van der Waals surface area (Å²) < 4.78 is 13.2. The molecule has 0 saturated heterocycles. The molecule has 0 heterocycles. The Morgan fingerprint density at radius 1 is 0.889 bits per heavy atom. The first kappa shape index (κ1) is 17.9. The fourth-order valence-corrected chi connectivity index (χ4v) is 4.45. The van der Waals surface area contributed by atoms with E-state index >= 15 is 0 Å². The van der Waals surface area contributed by atoms with Gasteiger partial charge in [-0.15, -0.1) is 0 Å². The zero-order valence-corrected chi connectivity index (χ0v) is 15.9. The molecule has 3 aromatic carbocycles. The van der Waals surface area contributed by atoms with Crippen molar-refractivity contribution in [1.29, 1.82) is 0 Å². The van der Waals surface area contributed by atoms with Crippen molar-refractivity contribution < 1.29 is 4.39 Å². The summed E-state index contributed by atoms with van der Waals surface area (Å²) in [6.07, 6.45) is 2.16. The summed E-state index contributed by atoms with van der Waals surface area (Å²) in [6.45, 7) is 0.809. The summed E-state index contributed by atoms with van der Waals surface area (Å²) in [5.74, 6) is 0.125. The normalized spacial score (nSPS) is 17.5. The molecule has 0 radical (unpaired) electrons. The number of halogens is 1. The number of anilines is 1. The summed E-state index contributed by atoms with van der Waals surface area (Å²) in [5.41, 5.74) is 5.25. The van der Waals surface area contributed by atoms with Crippen LogP contribution in [0.4, 0.5) is 10.1 Å². The fraction of sp³-hybridized carbons (Fsp3) is 0.167. The molecular formula is C24H22FNS. The first-order valence-electron chi connectivity index (χ1n) is 9.27. The molecule has 1 aliphatic rings. The molecule has 4 rings (SSSR count). The van der Waals surface area contributed by atoms with Gasteiger partial charge in [0.15, 0.2) is 0 Å². The van der Waals surface area contributed by atoms with Crippen molar-refractivity contribution in [3.63, 3.8) is 0 Å². The zero-order valence-electron chi connectivity index (χ0n) is 15.1. The van der Waals surface area contributed by atoms with Gasteiger partial charge in [0.1, 0.15) is 5.82 Å². The predicted molar refractivity (Wildman–Crippen MR) is 113 cm³/mol. The molecule has 1 atom stereocenters. The Morgan fingerprint density at radius 2 is 1.63 bits per heavy atom. The van der Waals surface area contributed by atoms with E-state index in [4.69, 9.17) is 0 Å². The van der Waals surface area contributed by atoms with Crippen molar-refractivity contribution in [3.8, 4) is 0 Å². The first-order valence-corrected chi connectivity index (χ1v) is 10.2. The number of thioether (sulfide) groups is 1. The second-order valence-electron chi connectivity index (χ2n) is 6.76. The van der Waals surface area contributed by atoms with Gasteiger partial charge in [0.2, 0.25) is 0 Å². The van der Waals surface area contributed by atoms with Gasteiger partial charge < -0.3 is 5.32 Å². The molecule has 1 N–H and O–H groups in total. The average molecular weight is 376 g/mol. The lowest BCUT2D eigenvalue weighted by atomic mass is 9.79. The van der Waals surface area contributed by atoms with Crippen LogP contribution in [0.1, 0.15) is 23.5 Å². The minimum Gasteiger partial charge on any atom is -0.384 e. The van der Waals surface area contributed by atoms with E-state index in [1.54, 1.807) is 23.9 Å². The van der Waals surface area contributed by atoms with Gasteiger partial charge in [0.25, 0.3) is 0 Å². The molecule has 1 unspecified atom stereocenters. The van der Waals surface area contributed by atoms with Crippen LogP contribution in [-0.2, 0) is 6.42 Å². The van der Waals surface area contributed by atoms with Gasteiger partial charge in [-0.3, -0.25) is 0 Å². The Kier molecular flexibility index (Phi) is 5.59. The largest absolute Gasteiger partial charge is 0.384 e. The summed E-state index contributed by atoms with van der Waals surface area (Å²) in [7, 11) is 0. The Balaban J connectivity index is 1.56. The van der Waals surface area contributed by atoms with Crippen molar-refractivity contribution in [1.82, 2.24) is 0 Å². The van der Waals surface area contributed by atoms with Gasteiger partial charge in [0, 0.05) is 23.0 Å². The number of hydrogen-bond donors (Lipinski definition) is 1. The molecule has 0 fully saturated rings. The summed E-state index contributed by atoms with van der Waals surface area (Å²) >= 11 is 1.79. The highest BCUT2D eigenvalue weighted by Gasteiger charge is 2.24. The predicted octanol–water partition coefficient (Wildman–Crippen LogP) is 6.64. The zero-order chi connectivity index (χ0) is 18.5. The lowest BCUT2D eigenvalue weighted by Gasteiger charge is -2.29. The van der Waals surface area contributed by atoms with Crippen LogP contribution < -0.4 is 5.32 Å². The third-order valence-electron chi connectivity index (χ3n) is 5.01. The molecule has 0 spiro atoms. The maximum absolute atomic E-state index is 13.2. The van der Waals surface area contributed by atoms with Gasteiger partial charge >= 0.3 is 0 Å². The number of rotatable bonds is 5.